The first kappa shape index (κ1) is 24.3. The molecule has 0 spiro atoms. The highest BCUT2D eigenvalue weighted by Crippen LogP contribution is 2.38. The van der Waals surface area contributed by atoms with Gasteiger partial charge in [0.1, 0.15) is 0 Å². The molecule has 4 N–H and O–H groups in total. The number of hydrogen-bond donors (Lipinski definition) is 3. The standard InChI is InChI=1S/C32H32N4O/c1-2-19-36(21-23-9-5-3-6-10-23)22-24-13-16-27(17-14-24)34-31(25-11-7-4-8-12-25)30-28-20-26(33)15-18-29(28)35-32(30)37/h3-18,20,34H,2,19,21-22,33H2,1H3,(H,35,37)/b31-30-. The summed E-state index contributed by atoms with van der Waals surface area (Å²) >= 11 is 0. The predicted octanol–water partition coefficient (Wildman–Crippen LogP) is 6.61. The zero-order chi connectivity index (χ0) is 25.6. The van der Waals surface area contributed by atoms with Crippen molar-refractivity contribution in [2.75, 3.05) is 22.9 Å². The monoisotopic (exact) mass is 488 g/mol. The minimum Gasteiger partial charge on any atom is -0.399 e. The van der Waals surface area contributed by atoms with Gasteiger partial charge in [0, 0.05) is 35.7 Å². The van der Waals surface area contributed by atoms with E-state index in [0.29, 0.717) is 11.3 Å². The van der Waals surface area contributed by atoms with Crippen LogP contribution in [0.5, 0.6) is 0 Å². The average molecular weight is 489 g/mol. The molecule has 0 saturated carbocycles. The van der Waals surface area contributed by atoms with Crippen LogP contribution >= 0.6 is 0 Å². The summed E-state index contributed by atoms with van der Waals surface area (Å²) < 4.78 is 0. The molecular formula is C32H32N4O. The molecule has 0 atom stereocenters. The number of hydrogen-bond acceptors (Lipinski definition) is 4. The zero-order valence-electron chi connectivity index (χ0n) is 21.1. The first-order valence-electron chi connectivity index (χ1n) is 12.7. The minimum absolute atomic E-state index is 0.139. The fraction of sp³-hybridized carbons (Fsp3) is 0.156. The van der Waals surface area contributed by atoms with Gasteiger partial charge in [0.05, 0.1) is 11.3 Å². The second-order valence-electron chi connectivity index (χ2n) is 9.39. The summed E-state index contributed by atoms with van der Waals surface area (Å²) in [5, 5.41) is 6.51. The summed E-state index contributed by atoms with van der Waals surface area (Å²) in [4.78, 5) is 15.6. The van der Waals surface area contributed by atoms with Gasteiger partial charge in [0.15, 0.2) is 0 Å². The Morgan fingerprint density at radius 1 is 0.838 bits per heavy atom. The van der Waals surface area contributed by atoms with Crippen molar-refractivity contribution in [1.29, 1.82) is 0 Å². The summed E-state index contributed by atoms with van der Waals surface area (Å²) in [6, 6.07) is 34.5. The molecule has 1 aliphatic rings. The van der Waals surface area contributed by atoms with Crippen LogP contribution in [0.15, 0.2) is 103 Å². The second-order valence-corrected chi connectivity index (χ2v) is 9.39. The van der Waals surface area contributed by atoms with Crippen molar-refractivity contribution in [1.82, 2.24) is 4.90 Å². The van der Waals surface area contributed by atoms with Crippen molar-refractivity contribution in [3.8, 4) is 0 Å². The van der Waals surface area contributed by atoms with Crippen LogP contribution in [0.1, 0.15) is 35.6 Å². The number of carbonyl (C=O) groups excluding carboxylic acids is 1. The van der Waals surface area contributed by atoms with E-state index in [1.807, 2.05) is 42.5 Å². The number of benzene rings is 4. The summed E-state index contributed by atoms with van der Waals surface area (Å²) in [5.41, 5.74) is 14.1. The Kier molecular flexibility index (Phi) is 7.33. The second kappa shape index (κ2) is 11.1. The van der Waals surface area contributed by atoms with Crippen LogP contribution in [0.2, 0.25) is 0 Å². The Hall–Kier alpha value is -4.35. The lowest BCUT2D eigenvalue weighted by molar-refractivity contribution is -0.110. The number of carbonyl (C=O) groups is 1. The topological polar surface area (TPSA) is 70.4 Å². The molecule has 4 aromatic carbocycles. The lowest BCUT2D eigenvalue weighted by Gasteiger charge is -2.22. The van der Waals surface area contributed by atoms with Crippen molar-refractivity contribution >= 4 is 34.2 Å². The van der Waals surface area contributed by atoms with E-state index in [-0.39, 0.29) is 5.91 Å². The zero-order valence-corrected chi connectivity index (χ0v) is 21.1. The maximum atomic E-state index is 13.1. The summed E-state index contributed by atoms with van der Waals surface area (Å²) in [6.07, 6.45) is 1.11. The fourth-order valence-corrected chi connectivity index (χ4v) is 4.78. The first-order chi connectivity index (χ1) is 18.1. The van der Waals surface area contributed by atoms with Crippen molar-refractivity contribution in [3.63, 3.8) is 0 Å². The molecule has 5 rings (SSSR count). The molecule has 0 unspecified atom stereocenters. The Labute approximate surface area is 218 Å². The van der Waals surface area contributed by atoms with Crippen LogP contribution in [0.4, 0.5) is 17.1 Å². The van der Waals surface area contributed by atoms with Crippen LogP contribution in [0.3, 0.4) is 0 Å². The van der Waals surface area contributed by atoms with Crippen LogP contribution in [-0.2, 0) is 17.9 Å². The van der Waals surface area contributed by atoms with Crippen LogP contribution < -0.4 is 16.4 Å². The van der Waals surface area contributed by atoms with Gasteiger partial charge in [0.2, 0.25) is 0 Å². The molecule has 0 aliphatic carbocycles. The Morgan fingerprint density at radius 3 is 2.16 bits per heavy atom. The van der Waals surface area contributed by atoms with Gasteiger partial charge >= 0.3 is 0 Å². The molecule has 0 bridgehead atoms. The molecule has 0 aromatic heterocycles. The highest BCUT2D eigenvalue weighted by atomic mass is 16.2. The van der Waals surface area contributed by atoms with Crippen molar-refractivity contribution in [3.05, 3.63) is 125 Å². The number of amides is 1. The van der Waals surface area contributed by atoms with Gasteiger partial charge in [-0.15, -0.1) is 0 Å². The van der Waals surface area contributed by atoms with Gasteiger partial charge in [-0.05, 0) is 60.0 Å². The normalized spacial score (nSPS) is 13.8. The molecule has 0 radical (unpaired) electrons. The summed E-state index contributed by atoms with van der Waals surface area (Å²) in [6.45, 7) is 5.06. The number of nitrogens with one attached hydrogen (secondary N) is 2. The third-order valence-electron chi connectivity index (χ3n) is 6.52. The van der Waals surface area contributed by atoms with Crippen molar-refractivity contribution < 1.29 is 4.79 Å². The maximum absolute atomic E-state index is 13.1. The summed E-state index contributed by atoms with van der Waals surface area (Å²) in [5.74, 6) is -0.139. The molecule has 0 saturated heterocycles. The third kappa shape index (κ3) is 5.74. The Morgan fingerprint density at radius 2 is 1.49 bits per heavy atom. The predicted molar refractivity (Wildman–Crippen MR) is 154 cm³/mol. The molecule has 5 heteroatoms. The molecule has 5 nitrogen and oxygen atoms in total. The number of anilines is 3. The maximum Gasteiger partial charge on any atom is 0.258 e. The largest absolute Gasteiger partial charge is 0.399 e. The number of nitrogens with two attached hydrogens (primary N) is 1. The van der Waals surface area contributed by atoms with E-state index < -0.39 is 0 Å². The molecule has 186 valence electrons. The number of fused-ring (bicyclic) bond motifs is 1. The molecular weight excluding hydrogens is 456 g/mol. The Bertz CT molecular complexity index is 1400. The third-order valence-corrected chi connectivity index (χ3v) is 6.52. The molecule has 37 heavy (non-hydrogen) atoms. The van der Waals surface area contributed by atoms with Gasteiger partial charge in [0.25, 0.3) is 5.91 Å². The van der Waals surface area contributed by atoms with Gasteiger partial charge in [-0.3, -0.25) is 9.69 Å². The SMILES string of the molecule is CCCN(Cc1ccccc1)Cc1ccc(N/C(=C2\C(=O)Nc3ccc(N)cc32)c2ccccc2)cc1. The van der Waals surface area contributed by atoms with E-state index >= 15 is 0 Å². The molecule has 1 amide bonds. The Balaban J connectivity index is 1.41. The van der Waals surface area contributed by atoms with Crippen molar-refractivity contribution in [2.24, 2.45) is 0 Å². The van der Waals surface area contributed by atoms with Gasteiger partial charge < -0.3 is 16.4 Å². The van der Waals surface area contributed by atoms with Crippen LogP contribution in [0.25, 0.3) is 11.3 Å². The van der Waals surface area contributed by atoms with Gasteiger partial charge in [-0.1, -0.05) is 79.7 Å². The smallest absolute Gasteiger partial charge is 0.258 e. The van der Waals surface area contributed by atoms with Crippen LogP contribution in [0, 0.1) is 0 Å². The van der Waals surface area contributed by atoms with Crippen molar-refractivity contribution in [2.45, 2.75) is 26.4 Å². The number of nitrogen functional groups attached to an aromatic ring is 1. The minimum atomic E-state index is -0.139. The lowest BCUT2D eigenvalue weighted by atomic mass is 9.99. The van der Waals surface area contributed by atoms with Gasteiger partial charge in [-0.25, -0.2) is 0 Å². The van der Waals surface area contributed by atoms with E-state index in [1.165, 1.54) is 11.1 Å². The highest BCUT2D eigenvalue weighted by Gasteiger charge is 2.28. The molecule has 4 aromatic rings. The lowest BCUT2D eigenvalue weighted by Crippen LogP contribution is -2.23. The van der Waals surface area contributed by atoms with E-state index in [0.717, 1.165) is 54.3 Å². The number of rotatable bonds is 9. The molecule has 0 fully saturated rings. The average Bonchev–Trinajstić information content (AvgIpc) is 3.24. The van der Waals surface area contributed by atoms with E-state index in [9.17, 15) is 4.79 Å². The van der Waals surface area contributed by atoms with E-state index in [4.69, 9.17) is 5.73 Å². The summed E-state index contributed by atoms with van der Waals surface area (Å²) in [7, 11) is 0. The highest BCUT2D eigenvalue weighted by molar-refractivity contribution is 6.37. The van der Waals surface area contributed by atoms with Crippen LogP contribution in [-0.4, -0.2) is 17.4 Å². The first-order valence-corrected chi connectivity index (χ1v) is 12.7. The van der Waals surface area contributed by atoms with E-state index in [2.05, 4.69) is 77.1 Å². The van der Waals surface area contributed by atoms with E-state index in [1.54, 1.807) is 6.07 Å². The quantitative estimate of drug-likeness (QED) is 0.183. The number of nitrogens with zero attached hydrogens (tertiary/aromatic N) is 1. The fourth-order valence-electron chi connectivity index (χ4n) is 4.78. The molecule has 1 aliphatic heterocycles. The van der Waals surface area contributed by atoms with Gasteiger partial charge in [-0.2, -0.15) is 0 Å². The molecule has 1 heterocycles.